The third-order valence-electron chi connectivity index (χ3n) is 1.89. The van der Waals surface area contributed by atoms with Crippen LogP contribution in [0.25, 0.3) is 0 Å². The maximum atomic E-state index is 11.4. The molecular weight excluding hydrogens is 305 g/mol. The molecule has 15 heavy (non-hydrogen) atoms. The third-order valence-corrected chi connectivity index (χ3v) is 3.03. The zero-order valence-electron chi connectivity index (χ0n) is 8.80. The van der Waals surface area contributed by atoms with Crippen LogP contribution in [0.5, 0.6) is 0 Å². The van der Waals surface area contributed by atoms with Crippen molar-refractivity contribution in [1.29, 1.82) is 0 Å². The molecule has 0 fully saturated rings. The van der Waals surface area contributed by atoms with Crippen LogP contribution in [0.4, 0.5) is 5.82 Å². The molecule has 0 saturated carbocycles. The number of carbonyl (C=O) groups excluding carboxylic acids is 1. The van der Waals surface area contributed by atoms with Gasteiger partial charge in [0.15, 0.2) is 0 Å². The van der Waals surface area contributed by atoms with Gasteiger partial charge in [0.2, 0.25) is 5.91 Å². The topological polar surface area (TPSA) is 54.0 Å². The molecule has 1 aromatic rings. The zero-order valence-corrected chi connectivity index (χ0v) is 11.0. The first kappa shape index (κ1) is 12.4. The molecule has 0 unspecified atom stereocenters. The van der Waals surface area contributed by atoms with Crippen molar-refractivity contribution in [2.24, 2.45) is 0 Å². The molecule has 0 aliphatic rings. The number of hydrogen-bond acceptors (Lipinski definition) is 3. The summed E-state index contributed by atoms with van der Waals surface area (Å²) < 4.78 is 1.10. The highest BCUT2D eigenvalue weighted by atomic mass is 127. The van der Waals surface area contributed by atoms with Gasteiger partial charge in [-0.15, -0.1) is 0 Å². The van der Waals surface area contributed by atoms with Crippen LogP contribution >= 0.6 is 22.6 Å². The van der Waals surface area contributed by atoms with Crippen molar-refractivity contribution in [2.45, 2.75) is 13.3 Å². The lowest BCUT2D eigenvalue weighted by atomic mass is 10.3. The summed E-state index contributed by atoms with van der Waals surface area (Å²) in [6.45, 7) is 2.60. The average Bonchev–Trinajstić information content (AvgIpc) is 2.20. The smallest absolute Gasteiger partial charge is 0.226 e. The van der Waals surface area contributed by atoms with Crippen molar-refractivity contribution in [3.8, 4) is 0 Å². The second kappa shape index (κ2) is 6.02. The summed E-state index contributed by atoms with van der Waals surface area (Å²) >= 11 is 2.21. The van der Waals surface area contributed by atoms with Crippen molar-refractivity contribution in [2.75, 3.05) is 18.9 Å². The van der Waals surface area contributed by atoms with Crippen LogP contribution < -0.4 is 10.6 Å². The summed E-state index contributed by atoms with van der Waals surface area (Å²) in [7, 11) is 1.82. The van der Waals surface area contributed by atoms with Crippen LogP contribution in [0, 0.1) is 10.5 Å². The van der Waals surface area contributed by atoms with Crippen LogP contribution in [-0.2, 0) is 4.79 Å². The van der Waals surface area contributed by atoms with Gasteiger partial charge in [0, 0.05) is 16.5 Å². The molecule has 1 heterocycles. The number of anilines is 1. The quantitative estimate of drug-likeness (QED) is 0.828. The number of nitrogens with zero attached hydrogens (tertiary/aromatic N) is 1. The lowest BCUT2D eigenvalue weighted by molar-refractivity contribution is -0.116. The van der Waals surface area contributed by atoms with E-state index in [4.69, 9.17) is 0 Å². The van der Waals surface area contributed by atoms with E-state index in [0.717, 1.165) is 9.26 Å². The summed E-state index contributed by atoms with van der Waals surface area (Å²) in [5, 5.41) is 5.67. The maximum Gasteiger partial charge on any atom is 0.226 e. The first-order chi connectivity index (χ1) is 7.13. The van der Waals surface area contributed by atoms with E-state index >= 15 is 0 Å². The van der Waals surface area contributed by atoms with Crippen LogP contribution in [-0.4, -0.2) is 24.5 Å². The highest BCUT2D eigenvalue weighted by Gasteiger charge is 2.03. The van der Waals surface area contributed by atoms with Gasteiger partial charge in [0.05, 0.1) is 5.69 Å². The van der Waals surface area contributed by atoms with E-state index in [2.05, 4.69) is 38.2 Å². The van der Waals surface area contributed by atoms with Crippen molar-refractivity contribution in [3.63, 3.8) is 0 Å². The molecule has 0 aromatic carbocycles. The Morgan fingerprint density at radius 2 is 2.27 bits per heavy atom. The Morgan fingerprint density at radius 1 is 1.53 bits per heavy atom. The van der Waals surface area contributed by atoms with E-state index in [1.165, 1.54) is 0 Å². The fourth-order valence-corrected chi connectivity index (χ4v) is 1.36. The van der Waals surface area contributed by atoms with E-state index in [1.807, 2.05) is 26.1 Å². The minimum absolute atomic E-state index is 0.0162. The third kappa shape index (κ3) is 4.13. The fourth-order valence-electron chi connectivity index (χ4n) is 1.06. The largest absolute Gasteiger partial charge is 0.319 e. The van der Waals surface area contributed by atoms with Crippen LogP contribution in [0.1, 0.15) is 12.1 Å². The molecular formula is C10H14IN3O. The number of nitrogens with one attached hydrogen (secondary N) is 2. The number of hydrogen-bond donors (Lipinski definition) is 2. The van der Waals surface area contributed by atoms with Crippen LogP contribution in [0.2, 0.25) is 0 Å². The fraction of sp³-hybridized carbons (Fsp3) is 0.400. The molecule has 1 aromatic heterocycles. The Labute approximate surface area is 103 Å². The van der Waals surface area contributed by atoms with Crippen LogP contribution in [0.3, 0.4) is 0 Å². The number of aryl methyl sites for hydroxylation is 1. The van der Waals surface area contributed by atoms with E-state index in [9.17, 15) is 4.79 Å². The van der Waals surface area contributed by atoms with Gasteiger partial charge in [-0.25, -0.2) is 4.98 Å². The van der Waals surface area contributed by atoms with Crippen molar-refractivity contribution >= 4 is 34.3 Å². The van der Waals surface area contributed by atoms with Crippen molar-refractivity contribution < 1.29 is 4.79 Å². The van der Waals surface area contributed by atoms with Gasteiger partial charge in [-0.05, 0) is 48.7 Å². The SMILES string of the molecule is CNCCC(=O)Nc1ccc(I)c(C)n1. The maximum absolute atomic E-state index is 11.4. The van der Waals surface area contributed by atoms with E-state index in [1.54, 1.807) is 0 Å². The highest BCUT2D eigenvalue weighted by molar-refractivity contribution is 14.1. The molecule has 1 amide bonds. The van der Waals surface area contributed by atoms with Gasteiger partial charge in [-0.2, -0.15) is 0 Å². The Kier molecular flexibility index (Phi) is 4.97. The molecule has 5 heteroatoms. The van der Waals surface area contributed by atoms with Gasteiger partial charge in [-0.1, -0.05) is 0 Å². The number of pyridine rings is 1. The van der Waals surface area contributed by atoms with E-state index < -0.39 is 0 Å². The molecule has 0 aliphatic heterocycles. The van der Waals surface area contributed by atoms with Gasteiger partial charge in [0.1, 0.15) is 5.82 Å². The highest BCUT2D eigenvalue weighted by Crippen LogP contribution is 2.12. The molecule has 0 aliphatic carbocycles. The Morgan fingerprint density at radius 3 is 2.87 bits per heavy atom. The Bertz CT molecular complexity index is 355. The Balaban J connectivity index is 2.57. The van der Waals surface area contributed by atoms with Crippen molar-refractivity contribution in [3.05, 3.63) is 21.4 Å². The second-order valence-electron chi connectivity index (χ2n) is 3.17. The summed E-state index contributed by atoms with van der Waals surface area (Å²) in [5.41, 5.74) is 0.932. The van der Waals surface area contributed by atoms with E-state index in [0.29, 0.717) is 18.8 Å². The molecule has 2 N–H and O–H groups in total. The molecule has 0 saturated heterocycles. The van der Waals surface area contributed by atoms with E-state index in [-0.39, 0.29) is 5.91 Å². The molecule has 82 valence electrons. The molecule has 0 radical (unpaired) electrons. The van der Waals surface area contributed by atoms with Gasteiger partial charge >= 0.3 is 0 Å². The first-order valence-electron chi connectivity index (χ1n) is 4.71. The predicted octanol–water partition coefficient (Wildman–Crippen LogP) is 1.54. The normalized spacial score (nSPS) is 10.1. The number of halogens is 1. The lowest BCUT2D eigenvalue weighted by Gasteiger charge is -2.05. The average molecular weight is 319 g/mol. The predicted molar refractivity (Wildman–Crippen MR) is 68.9 cm³/mol. The summed E-state index contributed by atoms with van der Waals surface area (Å²) in [6, 6.07) is 3.75. The van der Waals surface area contributed by atoms with Crippen LogP contribution in [0.15, 0.2) is 12.1 Å². The summed E-state index contributed by atoms with van der Waals surface area (Å²) in [5.74, 6) is 0.603. The lowest BCUT2D eigenvalue weighted by Crippen LogP contribution is -2.19. The zero-order chi connectivity index (χ0) is 11.3. The summed E-state index contributed by atoms with van der Waals surface area (Å²) in [4.78, 5) is 15.6. The molecule has 0 atom stereocenters. The number of rotatable bonds is 4. The molecule has 0 spiro atoms. The molecule has 0 bridgehead atoms. The van der Waals surface area contributed by atoms with Crippen molar-refractivity contribution in [1.82, 2.24) is 10.3 Å². The summed E-state index contributed by atoms with van der Waals surface area (Å²) in [6.07, 6.45) is 0.462. The van der Waals surface area contributed by atoms with Gasteiger partial charge < -0.3 is 10.6 Å². The minimum atomic E-state index is -0.0162. The van der Waals surface area contributed by atoms with Gasteiger partial charge in [-0.3, -0.25) is 4.79 Å². The van der Waals surface area contributed by atoms with Gasteiger partial charge in [0.25, 0.3) is 0 Å². The monoisotopic (exact) mass is 319 g/mol. The first-order valence-corrected chi connectivity index (χ1v) is 5.79. The standard InChI is InChI=1S/C10H14IN3O/c1-7-8(11)3-4-9(13-7)14-10(15)5-6-12-2/h3-4,12H,5-6H2,1-2H3,(H,13,14,15). The minimum Gasteiger partial charge on any atom is -0.319 e. The Hall–Kier alpha value is -0.690. The number of carbonyl (C=O) groups is 1. The number of aromatic nitrogens is 1. The second-order valence-corrected chi connectivity index (χ2v) is 4.33. The molecule has 4 nitrogen and oxygen atoms in total. The number of amides is 1. The molecule has 1 rings (SSSR count).